The summed E-state index contributed by atoms with van der Waals surface area (Å²) in [5.41, 5.74) is 16.1. The van der Waals surface area contributed by atoms with Gasteiger partial charge >= 0.3 is 5.97 Å². The number of nitrogens with zero attached hydrogens (tertiary/aromatic N) is 4. The van der Waals surface area contributed by atoms with Gasteiger partial charge in [0, 0.05) is 89.8 Å². The lowest BCUT2D eigenvalue weighted by Crippen LogP contribution is -2.46. The summed E-state index contributed by atoms with van der Waals surface area (Å²) in [7, 11) is 0. The maximum Gasteiger partial charge on any atom is 0.336 e. The third-order valence-electron chi connectivity index (χ3n) is 10.3. The zero-order chi connectivity index (χ0) is 39.6. The Morgan fingerprint density at radius 2 is 1.05 bits per heavy atom. The predicted octanol–water partition coefficient (Wildman–Crippen LogP) is 6.83. The number of phenols is 1. The number of aromatic hydroxyl groups is 1. The van der Waals surface area contributed by atoms with Crippen LogP contribution in [0, 0.1) is 0 Å². The van der Waals surface area contributed by atoms with Crippen LogP contribution in [0.5, 0.6) is 5.75 Å². The fraction of sp³-hybridized carbons (Fsp3) is 0.130. The van der Waals surface area contributed by atoms with Crippen molar-refractivity contribution in [2.45, 2.75) is 36.8 Å². The van der Waals surface area contributed by atoms with Crippen LogP contribution in [-0.4, -0.2) is 36.1 Å². The zero-order valence-corrected chi connectivity index (χ0v) is 30.7. The van der Waals surface area contributed by atoms with E-state index >= 15 is 0 Å². The van der Waals surface area contributed by atoms with E-state index in [-0.39, 0.29) is 59.5 Å². The largest absolute Gasteiger partial charge is 0.507 e. The average Bonchev–Trinajstić information content (AvgIpc) is 3.21. The van der Waals surface area contributed by atoms with Crippen LogP contribution in [0.2, 0.25) is 0 Å². The average molecular weight is 755 g/mol. The number of aromatic nitrogens is 4. The summed E-state index contributed by atoms with van der Waals surface area (Å²) in [6.07, 6.45) is 7.22. The molecule has 6 N–H and O–H groups in total. The van der Waals surface area contributed by atoms with Crippen LogP contribution in [0.3, 0.4) is 0 Å². The third kappa shape index (κ3) is 7.25. The Kier molecular flexibility index (Phi) is 9.84. The van der Waals surface area contributed by atoms with Gasteiger partial charge < -0.3 is 26.1 Å². The van der Waals surface area contributed by atoms with Crippen LogP contribution in [0.25, 0.3) is 33.4 Å². The highest BCUT2D eigenvalue weighted by atomic mass is 16.4. The molecule has 1 aliphatic carbocycles. The fourth-order valence-electron chi connectivity index (χ4n) is 7.90. The van der Waals surface area contributed by atoms with E-state index in [2.05, 4.69) is 19.9 Å². The monoisotopic (exact) mass is 754 g/mol. The van der Waals surface area contributed by atoms with Crippen LogP contribution in [0.15, 0.2) is 155 Å². The number of nitrogens with two attached hydrogens (primary N) is 2. The Balaban J connectivity index is 1.50. The van der Waals surface area contributed by atoms with E-state index < -0.39 is 22.5 Å². The highest BCUT2D eigenvalue weighted by molar-refractivity contribution is 6.08. The van der Waals surface area contributed by atoms with Crippen molar-refractivity contribution >= 4 is 16.9 Å². The molecule has 11 nitrogen and oxygen atoms in total. The van der Waals surface area contributed by atoms with Gasteiger partial charge in [-0.25, -0.2) is 4.79 Å². The molecule has 1 aliphatic heterocycles. The molecule has 0 bridgehead atoms. The number of hydrogen-bond acceptors (Lipinski definition) is 10. The summed E-state index contributed by atoms with van der Waals surface area (Å²) in [5.74, 6) is -1.20. The molecule has 6 aromatic rings. The molecular formula is C46H38N6O5. The lowest BCUT2D eigenvalue weighted by molar-refractivity contribution is 0.0697. The molecule has 0 saturated heterocycles. The first-order chi connectivity index (χ1) is 27.6. The van der Waals surface area contributed by atoms with Crippen molar-refractivity contribution in [3.8, 4) is 28.2 Å². The SMILES string of the molecule is NC(Cc1ccccn1)(Cc1ccccn1)c1c2oc3c(C(N)(Cc4ccccn4)Cc4ccccn4)c(O)ccc3c(-c3ccccc3C(=O)O)c-2ccc1=O. The van der Waals surface area contributed by atoms with Crippen LogP contribution in [-0.2, 0) is 36.8 Å². The van der Waals surface area contributed by atoms with Gasteiger partial charge in [-0.3, -0.25) is 24.7 Å². The van der Waals surface area contributed by atoms with Gasteiger partial charge in [-0.1, -0.05) is 42.5 Å². The number of hydrogen-bond donors (Lipinski definition) is 4. The summed E-state index contributed by atoms with van der Waals surface area (Å²) < 4.78 is 7.03. The van der Waals surface area contributed by atoms with Crippen molar-refractivity contribution in [3.63, 3.8) is 0 Å². The van der Waals surface area contributed by atoms with Gasteiger partial charge in [-0.2, -0.15) is 0 Å². The number of carboxylic acid groups (broad SMARTS) is 1. The molecular weight excluding hydrogens is 717 g/mol. The minimum Gasteiger partial charge on any atom is -0.507 e. The van der Waals surface area contributed by atoms with E-state index in [1.54, 1.807) is 79.4 Å². The van der Waals surface area contributed by atoms with Gasteiger partial charge in [0.1, 0.15) is 17.1 Å². The molecule has 4 aromatic heterocycles. The smallest absolute Gasteiger partial charge is 0.336 e. The Hall–Kier alpha value is -7.08. The second-order valence-corrected chi connectivity index (χ2v) is 14.3. The lowest BCUT2D eigenvalue weighted by atomic mass is 9.77. The van der Waals surface area contributed by atoms with E-state index in [9.17, 15) is 19.8 Å². The lowest BCUT2D eigenvalue weighted by Gasteiger charge is -2.33. The molecule has 2 aromatic carbocycles. The molecule has 0 saturated carbocycles. The van der Waals surface area contributed by atoms with Crippen LogP contribution in [0.1, 0.15) is 44.3 Å². The molecule has 0 amide bonds. The summed E-state index contributed by atoms with van der Waals surface area (Å²) >= 11 is 0. The van der Waals surface area contributed by atoms with Crippen LogP contribution < -0.4 is 16.9 Å². The maximum absolute atomic E-state index is 14.5. The Morgan fingerprint density at radius 3 is 1.53 bits per heavy atom. The fourth-order valence-corrected chi connectivity index (χ4v) is 7.90. The second kappa shape index (κ2) is 15.2. The van der Waals surface area contributed by atoms with Gasteiger partial charge in [0.2, 0.25) is 0 Å². The summed E-state index contributed by atoms with van der Waals surface area (Å²) in [6, 6.07) is 34.9. The molecule has 5 heterocycles. The van der Waals surface area contributed by atoms with Crippen LogP contribution >= 0.6 is 0 Å². The predicted molar refractivity (Wildman–Crippen MR) is 217 cm³/mol. The van der Waals surface area contributed by atoms with Crippen molar-refractivity contribution in [3.05, 3.63) is 196 Å². The second-order valence-electron chi connectivity index (χ2n) is 14.3. The van der Waals surface area contributed by atoms with Crippen molar-refractivity contribution in [1.82, 2.24) is 19.9 Å². The van der Waals surface area contributed by atoms with Crippen molar-refractivity contribution in [2.24, 2.45) is 11.5 Å². The van der Waals surface area contributed by atoms with E-state index in [0.29, 0.717) is 44.9 Å². The van der Waals surface area contributed by atoms with Crippen molar-refractivity contribution < 1.29 is 19.4 Å². The molecule has 8 rings (SSSR count). The van der Waals surface area contributed by atoms with Gasteiger partial charge in [0.15, 0.2) is 5.43 Å². The highest BCUT2D eigenvalue weighted by Crippen LogP contribution is 2.48. The Labute approximate surface area is 327 Å². The van der Waals surface area contributed by atoms with Gasteiger partial charge in [0.25, 0.3) is 0 Å². The molecule has 0 spiro atoms. The van der Waals surface area contributed by atoms with Gasteiger partial charge in [-0.15, -0.1) is 0 Å². The molecule has 282 valence electrons. The minimum atomic E-state index is -1.45. The van der Waals surface area contributed by atoms with Gasteiger partial charge in [-0.05, 0) is 84.4 Å². The summed E-state index contributed by atoms with van der Waals surface area (Å²) in [4.78, 5) is 45.6. The molecule has 0 atom stereocenters. The Morgan fingerprint density at radius 1 is 0.579 bits per heavy atom. The summed E-state index contributed by atoms with van der Waals surface area (Å²) in [6.45, 7) is 0. The number of fused-ring (bicyclic) bond motifs is 2. The Bertz CT molecular complexity index is 2640. The first-order valence-corrected chi connectivity index (χ1v) is 18.4. The number of pyridine rings is 4. The van der Waals surface area contributed by atoms with Gasteiger partial charge in [0.05, 0.1) is 27.8 Å². The number of carboxylic acids is 1. The first-order valence-electron chi connectivity index (χ1n) is 18.4. The zero-order valence-electron chi connectivity index (χ0n) is 30.7. The number of benzene rings is 3. The minimum absolute atomic E-state index is 0.0237. The maximum atomic E-state index is 14.5. The molecule has 57 heavy (non-hydrogen) atoms. The highest BCUT2D eigenvalue weighted by Gasteiger charge is 2.40. The van der Waals surface area contributed by atoms with E-state index in [1.807, 2.05) is 48.5 Å². The number of aromatic carboxylic acids is 1. The van der Waals surface area contributed by atoms with Crippen LogP contribution in [0.4, 0.5) is 0 Å². The normalized spacial score (nSPS) is 11.9. The topological polar surface area (TPSA) is 191 Å². The summed E-state index contributed by atoms with van der Waals surface area (Å²) in [5, 5.41) is 22.9. The number of phenolic OH excluding ortho intramolecular Hbond substituents is 1. The van der Waals surface area contributed by atoms with Crippen molar-refractivity contribution in [2.75, 3.05) is 0 Å². The third-order valence-corrected chi connectivity index (χ3v) is 10.3. The quantitative estimate of drug-likeness (QED) is 0.0957. The first kappa shape index (κ1) is 36.9. The van der Waals surface area contributed by atoms with E-state index in [1.165, 1.54) is 18.2 Å². The molecule has 2 aliphatic rings. The standard InChI is InChI=1S/C46H38N6O5/c47-45(25-29-11-3-7-21-49-29,26-30-12-4-8-22-50-30)40-37(53)19-17-35-39(33-15-1-2-16-34(33)44(55)56)36-18-20-38(54)41(43(36)57-42(35)40)46(48,27-31-13-5-9-23-51-31)28-32-14-6-10-24-52-32/h1-24,53H,25-28,47-48H2,(H,55,56). The molecule has 0 fully saturated rings. The molecule has 0 radical (unpaired) electrons. The number of carbonyl (C=O) groups is 1. The number of rotatable bonds is 12. The van der Waals surface area contributed by atoms with E-state index in [0.717, 1.165) is 0 Å². The molecule has 11 heteroatoms. The van der Waals surface area contributed by atoms with Crippen molar-refractivity contribution in [1.29, 1.82) is 0 Å². The molecule has 0 unspecified atom stereocenters. The van der Waals surface area contributed by atoms with E-state index in [4.69, 9.17) is 15.9 Å².